The van der Waals surface area contributed by atoms with E-state index in [0.717, 1.165) is 21.1 Å². The molecule has 21 heavy (non-hydrogen) atoms. The van der Waals surface area contributed by atoms with Gasteiger partial charge in [-0.3, -0.25) is 4.79 Å². The van der Waals surface area contributed by atoms with E-state index < -0.39 is 17.6 Å². The zero-order valence-corrected chi connectivity index (χ0v) is 13.5. The molecule has 1 amide bonds. The molecule has 0 unspecified atom stereocenters. The summed E-state index contributed by atoms with van der Waals surface area (Å²) in [5.41, 5.74) is -0.0778. The minimum Gasteiger partial charge on any atom is -0.322 e. The van der Waals surface area contributed by atoms with Crippen molar-refractivity contribution in [3.63, 3.8) is 0 Å². The largest absolute Gasteiger partial charge is 0.416 e. The molecule has 7 heteroatoms. The number of alkyl halides is 3. The fraction of sp³-hybridized carbons (Fsp3) is 0.0714. The molecule has 110 valence electrons. The Morgan fingerprint density at radius 1 is 0.952 bits per heavy atom. The summed E-state index contributed by atoms with van der Waals surface area (Å²) in [6.45, 7) is 0. The van der Waals surface area contributed by atoms with Crippen molar-refractivity contribution in [2.75, 3.05) is 5.32 Å². The highest BCUT2D eigenvalue weighted by atomic mass is 79.9. The predicted molar refractivity (Wildman–Crippen MR) is 81.2 cm³/mol. The molecule has 0 spiro atoms. The van der Waals surface area contributed by atoms with Crippen molar-refractivity contribution < 1.29 is 18.0 Å². The number of halogens is 5. The van der Waals surface area contributed by atoms with E-state index in [0.29, 0.717) is 11.3 Å². The van der Waals surface area contributed by atoms with Crippen LogP contribution in [0, 0.1) is 0 Å². The van der Waals surface area contributed by atoms with Gasteiger partial charge in [-0.15, -0.1) is 0 Å². The minimum absolute atomic E-state index is 0.295. The average Bonchev–Trinajstić information content (AvgIpc) is 2.37. The summed E-state index contributed by atoms with van der Waals surface area (Å²) in [4.78, 5) is 12.0. The number of carbonyl (C=O) groups is 1. The van der Waals surface area contributed by atoms with E-state index in [1.165, 1.54) is 12.1 Å². The van der Waals surface area contributed by atoms with Crippen LogP contribution < -0.4 is 5.32 Å². The fourth-order valence-electron chi connectivity index (χ4n) is 1.63. The SMILES string of the molecule is O=C(Nc1ccc(C(F)(F)F)cc1)c1cc(Br)cc(Br)c1. The van der Waals surface area contributed by atoms with Crippen molar-refractivity contribution in [3.8, 4) is 0 Å². The highest BCUT2D eigenvalue weighted by Crippen LogP contribution is 2.30. The van der Waals surface area contributed by atoms with E-state index >= 15 is 0 Å². The molecule has 0 heterocycles. The van der Waals surface area contributed by atoms with E-state index in [2.05, 4.69) is 37.2 Å². The van der Waals surface area contributed by atoms with E-state index in [-0.39, 0.29) is 0 Å². The van der Waals surface area contributed by atoms with Gasteiger partial charge in [-0.2, -0.15) is 13.2 Å². The second-order valence-corrected chi connectivity index (χ2v) is 6.02. The van der Waals surface area contributed by atoms with Crippen molar-refractivity contribution in [1.82, 2.24) is 0 Å². The number of carbonyl (C=O) groups excluding carboxylic acids is 1. The molecule has 2 nitrogen and oxygen atoms in total. The van der Waals surface area contributed by atoms with Crippen LogP contribution in [-0.4, -0.2) is 5.91 Å². The van der Waals surface area contributed by atoms with Gasteiger partial charge >= 0.3 is 6.18 Å². The van der Waals surface area contributed by atoms with Crippen molar-refractivity contribution in [2.24, 2.45) is 0 Å². The van der Waals surface area contributed by atoms with Gasteiger partial charge < -0.3 is 5.32 Å². The lowest BCUT2D eigenvalue weighted by molar-refractivity contribution is -0.137. The Labute approximate surface area is 135 Å². The zero-order valence-electron chi connectivity index (χ0n) is 10.3. The van der Waals surface area contributed by atoms with E-state index in [4.69, 9.17) is 0 Å². The number of nitrogens with one attached hydrogen (secondary N) is 1. The Kier molecular flexibility index (Phi) is 4.73. The van der Waals surface area contributed by atoms with Crippen molar-refractivity contribution in [2.45, 2.75) is 6.18 Å². The van der Waals surface area contributed by atoms with Crippen LogP contribution in [0.5, 0.6) is 0 Å². The first kappa shape index (κ1) is 16.0. The third-order valence-corrected chi connectivity index (χ3v) is 3.51. The van der Waals surface area contributed by atoms with Gasteiger partial charge in [0.25, 0.3) is 5.91 Å². The maximum atomic E-state index is 12.4. The minimum atomic E-state index is -4.39. The summed E-state index contributed by atoms with van der Waals surface area (Å²) < 4.78 is 38.7. The molecule has 0 fully saturated rings. The van der Waals surface area contributed by atoms with Crippen LogP contribution in [0.25, 0.3) is 0 Å². The van der Waals surface area contributed by atoms with Crippen LogP contribution in [0.1, 0.15) is 15.9 Å². The molecule has 1 N–H and O–H groups in total. The van der Waals surface area contributed by atoms with Gasteiger partial charge in [-0.25, -0.2) is 0 Å². The normalized spacial score (nSPS) is 11.3. The fourth-order valence-corrected chi connectivity index (χ4v) is 2.92. The van der Waals surface area contributed by atoms with Crippen LogP contribution in [0.2, 0.25) is 0 Å². The van der Waals surface area contributed by atoms with Gasteiger partial charge in [0.15, 0.2) is 0 Å². The second-order valence-electron chi connectivity index (χ2n) is 4.19. The molecule has 0 aliphatic rings. The zero-order chi connectivity index (χ0) is 15.6. The summed E-state index contributed by atoms with van der Waals surface area (Å²) in [6.07, 6.45) is -4.39. The number of amides is 1. The molecule has 0 aromatic heterocycles. The van der Waals surface area contributed by atoms with Crippen molar-refractivity contribution >= 4 is 43.5 Å². The van der Waals surface area contributed by atoms with Gasteiger partial charge in [0.2, 0.25) is 0 Å². The molecule has 2 aromatic carbocycles. The Balaban J connectivity index is 2.16. The molecular weight excluding hydrogens is 415 g/mol. The van der Waals surface area contributed by atoms with Gasteiger partial charge in [0.05, 0.1) is 5.56 Å². The smallest absolute Gasteiger partial charge is 0.322 e. The predicted octanol–water partition coefficient (Wildman–Crippen LogP) is 5.48. The maximum Gasteiger partial charge on any atom is 0.416 e. The number of hydrogen-bond donors (Lipinski definition) is 1. The van der Waals surface area contributed by atoms with Crippen LogP contribution in [0.4, 0.5) is 18.9 Å². The molecule has 0 bridgehead atoms. The van der Waals surface area contributed by atoms with Gasteiger partial charge in [0, 0.05) is 20.2 Å². The van der Waals surface area contributed by atoms with Crippen LogP contribution in [0.3, 0.4) is 0 Å². The van der Waals surface area contributed by atoms with Crippen LogP contribution in [-0.2, 0) is 6.18 Å². The lowest BCUT2D eigenvalue weighted by Gasteiger charge is -2.09. The summed E-state index contributed by atoms with van der Waals surface area (Å²) in [5, 5.41) is 2.54. The first-order valence-electron chi connectivity index (χ1n) is 5.70. The lowest BCUT2D eigenvalue weighted by Crippen LogP contribution is -2.12. The molecule has 2 rings (SSSR count). The number of anilines is 1. The number of hydrogen-bond acceptors (Lipinski definition) is 1. The first-order chi connectivity index (χ1) is 9.75. The third-order valence-electron chi connectivity index (χ3n) is 2.59. The van der Waals surface area contributed by atoms with Crippen LogP contribution in [0.15, 0.2) is 51.4 Å². The summed E-state index contributed by atoms with van der Waals surface area (Å²) >= 11 is 6.53. The lowest BCUT2D eigenvalue weighted by atomic mass is 10.2. The Hall–Kier alpha value is -1.34. The van der Waals surface area contributed by atoms with Crippen LogP contribution >= 0.6 is 31.9 Å². The maximum absolute atomic E-state index is 12.4. The first-order valence-corrected chi connectivity index (χ1v) is 7.29. The number of benzene rings is 2. The highest BCUT2D eigenvalue weighted by molar-refractivity contribution is 9.11. The average molecular weight is 423 g/mol. The highest BCUT2D eigenvalue weighted by Gasteiger charge is 2.29. The van der Waals surface area contributed by atoms with Crippen molar-refractivity contribution in [1.29, 1.82) is 0 Å². The van der Waals surface area contributed by atoms with E-state index in [9.17, 15) is 18.0 Å². The Morgan fingerprint density at radius 2 is 1.48 bits per heavy atom. The summed E-state index contributed by atoms with van der Waals surface area (Å²) in [5.74, 6) is -0.406. The van der Waals surface area contributed by atoms with E-state index in [1.54, 1.807) is 18.2 Å². The molecule has 0 radical (unpaired) electrons. The van der Waals surface area contributed by atoms with Gasteiger partial charge in [-0.1, -0.05) is 31.9 Å². The second kappa shape index (κ2) is 6.19. The Morgan fingerprint density at radius 3 is 1.95 bits per heavy atom. The van der Waals surface area contributed by atoms with E-state index in [1.807, 2.05) is 0 Å². The van der Waals surface area contributed by atoms with Crippen molar-refractivity contribution in [3.05, 3.63) is 62.5 Å². The van der Waals surface area contributed by atoms with Gasteiger partial charge in [-0.05, 0) is 42.5 Å². The summed E-state index contributed by atoms with van der Waals surface area (Å²) in [7, 11) is 0. The monoisotopic (exact) mass is 421 g/mol. The molecule has 2 aromatic rings. The topological polar surface area (TPSA) is 29.1 Å². The third kappa shape index (κ3) is 4.31. The molecule has 0 saturated carbocycles. The number of rotatable bonds is 2. The molecule has 0 aliphatic carbocycles. The molecular formula is C14H8Br2F3NO. The molecule has 0 atom stereocenters. The summed E-state index contributed by atoms with van der Waals surface area (Å²) in [6, 6.07) is 9.28. The molecule has 0 aliphatic heterocycles. The Bertz CT molecular complexity index is 649. The standard InChI is InChI=1S/C14H8Br2F3NO/c15-10-5-8(6-11(16)7-10)13(21)20-12-3-1-9(2-4-12)14(17,18)19/h1-7H,(H,20,21). The molecule has 0 saturated heterocycles. The quantitative estimate of drug-likeness (QED) is 0.681. The van der Waals surface area contributed by atoms with Gasteiger partial charge in [0.1, 0.15) is 0 Å².